The zero-order valence-electron chi connectivity index (χ0n) is 11.9. The Bertz CT molecular complexity index is 330. The number of aromatic nitrogens is 2. The third-order valence-corrected chi connectivity index (χ3v) is 3.17. The SMILES string of the molecule is C=CCCCCCC(NCCC)c1cnn(C)c1. The van der Waals surface area contributed by atoms with E-state index in [0.717, 1.165) is 13.0 Å². The van der Waals surface area contributed by atoms with Crippen LogP contribution in [0.2, 0.25) is 0 Å². The molecule has 0 fully saturated rings. The van der Waals surface area contributed by atoms with Gasteiger partial charge in [0.1, 0.15) is 0 Å². The number of allylic oxidation sites excluding steroid dienone is 1. The molecule has 1 rings (SSSR count). The van der Waals surface area contributed by atoms with E-state index in [0.29, 0.717) is 6.04 Å². The van der Waals surface area contributed by atoms with Crippen LogP contribution in [0.5, 0.6) is 0 Å². The third kappa shape index (κ3) is 5.50. The minimum atomic E-state index is 0.461. The number of nitrogens with one attached hydrogen (secondary N) is 1. The second kappa shape index (κ2) is 8.92. The Morgan fingerprint density at radius 3 is 2.89 bits per heavy atom. The van der Waals surface area contributed by atoms with Gasteiger partial charge in [-0.1, -0.05) is 25.8 Å². The highest BCUT2D eigenvalue weighted by Gasteiger charge is 2.11. The molecule has 0 aliphatic rings. The maximum atomic E-state index is 4.27. The fraction of sp³-hybridized carbons (Fsp3) is 0.667. The highest BCUT2D eigenvalue weighted by Crippen LogP contribution is 2.19. The molecule has 0 bridgehead atoms. The highest BCUT2D eigenvalue weighted by atomic mass is 15.2. The molecule has 0 radical (unpaired) electrons. The molecule has 1 aromatic rings. The summed E-state index contributed by atoms with van der Waals surface area (Å²) in [5, 5.41) is 7.88. The van der Waals surface area contributed by atoms with Crippen molar-refractivity contribution in [1.82, 2.24) is 15.1 Å². The summed E-state index contributed by atoms with van der Waals surface area (Å²) in [6.07, 6.45) is 13.4. The molecule has 1 unspecified atom stereocenters. The molecule has 18 heavy (non-hydrogen) atoms. The fourth-order valence-corrected chi connectivity index (χ4v) is 2.14. The van der Waals surface area contributed by atoms with Gasteiger partial charge in [0.25, 0.3) is 0 Å². The van der Waals surface area contributed by atoms with Gasteiger partial charge >= 0.3 is 0 Å². The second-order valence-electron chi connectivity index (χ2n) is 4.88. The van der Waals surface area contributed by atoms with Crippen molar-refractivity contribution in [1.29, 1.82) is 0 Å². The topological polar surface area (TPSA) is 29.9 Å². The quantitative estimate of drug-likeness (QED) is 0.507. The van der Waals surface area contributed by atoms with Crippen LogP contribution in [0.1, 0.15) is 57.1 Å². The summed E-state index contributed by atoms with van der Waals surface area (Å²) in [7, 11) is 1.98. The lowest BCUT2D eigenvalue weighted by Gasteiger charge is -2.16. The first kappa shape index (κ1) is 15.0. The van der Waals surface area contributed by atoms with Gasteiger partial charge in [-0.25, -0.2) is 0 Å². The third-order valence-electron chi connectivity index (χ3n) is 3.17. The number of hydrogen-bond donors (Lipinski definition) is 1. The summed E-state index contributed by atoms with van der Waals surface area (Å²) < 4.78 is 1.88. The molecule has 0 aliphatic heterocycles. The van der Waals surface area contributed by atoms with Crippen LogP contribution >= 0.6 is 0 Å². The number of rotatable bonds is 10. The van der Waals surface area contributed by atoms with Crippen molar-refractivity contribution in [3.05, 3.63) is 30.6 Å². The maximum Gasteiger partial charge on any atom is 0.0537 e. The molecular formula is C15H27N3. The number of hydrogen-bond acceptors (Lipinski definition) is 2. The minimum absolute atomic E-state index is 0.461. The minimum Gasteiger partial charge on any atom is -0.310 e. The van der Waals surface area contributed by atoms with Crippen molar-refractivity contribution in [2.45, 2.75) is 51.5 Å². The van der Waals surface area contributed by atoms with E-state index in [2.05, 4.69) is 30.1 Å². The van der Waals surface area contributed by atoms with Crippen molar-refractivity contribution in [2.24, 2.45) is 7.05 Å². The molecule has 1 heterocycles. The lowest BCUT2D eigenvalue weighted by atomic mass is 10.0. The van der Waals surface area contributed by atoms with E-state index < -0.39 is 0 Å². The van der Waals surface area contributed by atoms with E-state index in [1.54, 1.807) is 0 Å². The number of aryl methyl sites for hydroxylation is 1. The summed E-state index contributed by atoms with van der Waals surface area (Å²) in [5.74, 6) is 0. The maximum absolute atomic E-state index is 4.27. The molecule has 0 spiro atoms. The molecule has 0 amide bonds. The highest BCUT2D eigenvalue weighted by molar-refractivity contribution is 5.10. The van der Waals surface area contributed by atoms with Gasteiger partial charge in [-0.05, 0) is 32.2 Å². The predicted molar refractivity (Wildman–Crippen MR) is 77.5 cm³/mol. The Balaban J connectivity index is 2.38. The van der Waals surface area contributed by atoms with E-state index in [-0.39, 0.29) is 0 Å². The Hall–Kier alpha value is -1.09. The Kier molecular flexibility index (Phi) is 7.42. The molecule has 0 aliphatic carbocycles. The first-order valence-electron chi connectivity index (χ1n) is 7.10. The summed E-state index contributed by atoms with van der Waals surface area (Å²) in [6.45, 7) is 7.04. The van der Waals surface area contributed by atoms with Gasteiger partial charge in [0, 0.05) is 24.8 Å². The lowest BCUT2D eigenvalue weighted by molar-refractivity contribution is 0.472. The first-order chi connectivity index (χ1) is 8.77. The van der Waals surface area contributed by atoms with Gasteiger partial charge in [-0.15, -0.1) is 6.58 Å². The number of unbranched alkanes of at least 4 members (excludes halogenated alkanes) is 3. The predicted octanol–water partition coefficient (Wildman–Crippen LogP) is 3.60. The van der Waals surface area contributed by atoms with E-state index >= 15 is 0 Å². The molecule has 3 heteroatoms. The lowest BCUT2D eigenvalue weighted by Crippen LogP contribution is -2.21. The van der Waals surface area contributed by atoms with Gasteiger partial charge in [-0.2, -0.15) is 5.10 Å². The van der Waals surface area contributed by atoms with Gasteiger partial charge in [-0.3, -0.25) is 4.68 Å². The second-order valence-corrected chi connectivity index (χ2v) is 4.88. The molecule has 1 atom stereocenters. The average Bonchev–Trinajstić information content (AvgIpc) is 2.79. The van der Waals surface area contributed by atoms with Crippen LogP contribution in [0.25, 0.3) is 0 Å². The molecule has 1 N–H and O–H groups in total. The summed E-state index contributed by atoms with van der Waals surface area (Å²) >= 11 is 0. The molecule has 1 aromatic heterocycles. The molecule has 0 saturated carbocycles. The Labute approximate surface area is 111 Å². The van der Waals surface area contributed by atoms with Gasteiger partial charge in [0.05, 0.1) is 6.20 Å². The summed E-state index contributed by atoms with van der Waals surface area (Å²) in [6, 6.07) is 0.461. The van der Waals surface area contributed by atoms with E-state index in [9.17, 15) is 0 Å². The smallest absolute Gasteiger partial charge is 0.0537 e. The van der Waals surface area contributed by atoms with Gasteiger partial charge < -0.3 is 5.32 Å². The van der Waals surface area contributed by atoms with E-state index in [1.165, 1.54) is 37.7 Å². The van der Waals surface area contributed by atoms with Crippen LogP contribution < -0.4 is 5.32 Å². The first-order valence-corrected chi connectivity index (χ1v) is 7.10. The van der Waals surface area contributed by atoms with E-state index in [4.69, 9.17) is 0 Å². The summed E-state index contributed by atoms with van der Waals surface area (Å²) in [5.41, 5.74) is 1.31. The van der Waals surface area contributed by atoms with E-state index in [1.807, 2.05) is 24.0 Å². The van der Waals surface area contributed by atoms with Crippen LogP contribution in [-0.2, 0) is 7.05 Å². The normalized spacial score (nSPS) is 12.6. The Morgan fingerprint density at radius 1 is 1.44 bits per heavy atom. The largest absolute Gasteiger partial charge is 0.310 e. The van der Waals surface area contributed by atoms with Crippen molar-refractivity contribution in [2.75, 3.05) is 6.54 Å². The van der Waals surface area contributed by atoms with Crippen LogP contribution in [0.4, 0.5) is 0 Å². The van der Waals surface area contributed by atoms with Crippen LogP contribution in [0.3, 0.4) is 0 Å². The summed E-state index contributed by atoms with van der Waals surface area (Å²) in [4.78, 5) is 0. The zero-order chi connectivity index (χ0) is 13.2. The van der Waals surface area contributed by atoms with Gasteiger partial charge in [0.2, 0.25) is 0 Å². The monoisotopic (exact) mass is 249 g/mol. The molecule has 0 saturated heterocycles. The van der Waals surface area contributed by atoms with Gasteiger partial charge in [0.15, 0.2) is 0 Å². The standard InChI is InChI=1S/C15H27N3/c1-4-6-7-8-9-10-15(16-11-5-2)14-12-17-18(3)13-14/h4,12-13,15-16H,1,5-11H2,2-3H3. The van der Waals surface area contributed by atoms with Crippen molar-refractivity contribution >= 4 is 0 Å². The number of nitrogens with zero attached hydrogens (tertiary/aromatic N) is 2. The molecule has 102 valence electrons. The molecular weight excluding hydrogens is 222 g/mol. The molecule has 3 nitrogen and oxygen atoms in total. The van der Waals surface area contributed by atoms with Crippen LogP contribution in [0, 0.1) is 0 Å². The Morgan fingerprint density at radius 2 is 2.28 bits per heavy atom. The molecule has 0 aromatic carbocycles. The van der Waals surface area contributed by atoms with Crippen molar-refractivity contribution in [3.63, 3.8) is 0 Å². The van der Waals surface area contributed by atoms with Crippen LogP contribution in [-0.4, -0.2) is 16.3 Å². The zero-order valence-corrected chi connectivity index (χ0v) is 11.9. The van der Waals surface area contributed by atoms with Crippen molar-refractivity contribution < 1.29 is 0 Å². The van der Waals surface area contributed by atoms with Crippen molar-refractivity contribution in [3.8, 4) is 0 Å². The average molecular weight is 249 g/mol. The van der Waals surface area contributed by atoms with Crippen LogP contribution in [0.15, 0.2) is 25.0 Å². The fourth-order valence-electron chi connectivity index (χ4n) is 2.14.